The first-order valence-corrected chi connectivity index (χ1v) is 17.2. The van der Waals surface area contributed by atoms with Gasteiger partial charge in [0.25, 0.3) is 0 Å². The van der Waals surface area contributed by atoms with E-state index in [1.807, 2.05) is 16.8 Å². The first-order valence-electron chi connectivity index (χ1n) is 15.4. The van der Waals surface area contributed by atoms with Crippen LogP contribution in [-0.2, 0) is 24.4 Å². The van der Waals surface area contributed by atoms with Crippen LogP contribution in [0.2, 0.25) is 5.02 Å². The topological polar surface area (TPSA) is 110 Å². The van der Waals surface area contributed by atoms with E-state index in [1.165, 1.54) is 11.0 Å². The lowest BCUT2D eigenvalue weighted by molar-refractivity contribution is -0.143. The number of likely N-dealkylation sites (tertiary alicyclic amines) is 3. The number of benzene rings is 2. The Labute approximate surface area is 258 Å². The van der Waals surface area contributed by atoms with Crippen LogP contribution < -0.4 is 4.72 Å². The molecule has 43 heavy (non-hydrogen) atoms. The fourth-order valence-corrected chi connectivity index (χ4v) is 8.26. The monoisotopic (exact) mass is 629 g/mol. The number of hydrogen-bond donors (Lipinski definition) is 1. The Balaban J connectivity index is 1.04. The van der Waals surface area contributed by atoms with Crippen molar-refractivity contribution in [1.29, 1.82) is 0 Å². The molecule has 232 valence electrons. The highest BCUT2D eigenvalue weighted by molar-refractivity contribution is 7.89. The van der Waals surface area contributed by atoms with E-state index >= 15 is 0 Å². The summed E-state index contributed by atoms with van der Waals surface area (Å²) < 4.78 is 29.1. The van der Waals surface area contributed by atoms with Crippen LogP contribution in [0.25, 0.3) is 10.8 Å². The summed E-state index contributed by atoms with van der Waals surface area (Å²) in [5, 5.41) is 2.13. The van der Waals surface area contributed by atoms with Gasteiger partial charge in [-0.2, -0.15) is 4.72 Å². The molecule has 2 aromatic rings. The lowest BCUT2D eigenvalue weighted by Gasteiger charge is -2.35. The average Bonchev–Trinajstić information content (AvgIpc) is 3.55. The molecule has 0 bridgehead atoms. The number of rotatable bonds is 9. The molecule has 3 heterocycles. The van der Waals surface area contributed by atoms with Crippen LogP contribution in [0.4, 0.5) is 0 Å². The van der Waals surface area contributed by atoms with Gasteiger partial charge in [0.05, 0.1) is 11.4 Å². The van der Waals surface area contributed by atoms with Crippen LogP contribution in [0.15, 0.2) is 41.3 Å². The second kappa shape index (κ2) is 12.3. The zero-order valence-electron chi connectivity index (χ0n) is 24.6. The molecule has 1 saturated carbocycles. The SMILES string of the molecule is CN(C(=O)C1CC1)C1CCN(CC2CCCN2C(=O)CN2CCCC(NS(=O)(=O)c3ccc4cc(Cl)ccc4c3)C2=O)C1. The van der Waals surface area contributed by atoms with Crippen LogP contribution in [0, 0.1) is 5.92 Å². The molecule has 10 nitrogen and oxygen atoms in total. The molecule has 3 unspecified atom stereocenters. The van der Waals surface area contributed by atoms with Crippen LogP contribution in [0.5, 0.6) is 0 Å². The fraction of sp³-hybridized carbons (Fsp3) is 0.581. The molecule has 3 amide bonds. The summed E-state index contributed by atoms with van der Waals surface area (Å²) in [6.45, 7) is 3.53. The van der Waals surface area contributed by atoms with Gasteiger partial charge in [0.15, 0.2) is 0 Å². The molecule has 0 spiro atoms. The summed E-state index contributed by atoms with van der Waals surface area (Å²) in [7, 11) is -2.04. The lowest BCUT2D eigenvalue weighted by atomic mass is 10.1. The molecule has 1 aliphatic carbocycles. The molecule has 6 rings (SSSR count). The molecule has 0 aromatic heterocycles. The number of sulfonamides is 1. The van der Waals surface area contributed by atoms with Gasteiger partial charge < -0.3 is 14.7 Å². The van der Waals surface area contributed by atoms with Gasteiger partial charge in [0.1, 0.15) is 6.04 Å². The summed E-state index contributed by atoms with van der Waals surface area (Å²) in [4.78, 5) is 47.1. The van der Waals surface area contributed by atoms with E-state index < -0.39 is 16.1 Å². The van der Waals surface area contributed by atoms with E-state index in [9.17, 15) is 22.8 Å². The predicted octanol–water partition coefficient (Wildman–Crippen LogP) is 2.70. The average molecular weight is 630 g/mol. The number of piperidine rings is 1. The van der Waals surface area contributed by atoms with Crippen molar-refractivity contribution in [3.05, 3.63) is 41.4 Å². The van der Waals surface area contributed by atoms with Gasteiger partial charge in [-0.1, -0.05) is 23.7 Å². The minimum Gasteiger partial charge on any atom is -0.341 e. The number of amides is 3. The summed E-state index contributed by atoms with van der Waals surface area (Å²) in [5.41, 5.74) is 0. The molecule has 3 atom stereocenters. The van der Waals surface area contributed by atoms with Crippen molar-refractivity contribution < 1.29 is 22.8 Å². The number of likely N-dealkylation sites (N-methyl/N-ethyl adjacent to an activating group) is 1. The first kappa shape index (κ1) is 30.3. The second-order valence-corrected chi connectivity index (χ2v) is 14.7. The van der Waals surface area contributed by atoms with Crippen LogP contribution in [0.1, 0.15) is 44.9 Å². The molecule has 4 fully saturated rings. The Bertz CT molecular complexity index is 1520. The van der Waals surface area contributed by atoms with E-state index in [1.54, 1.807) is 30.3 Å². The van der Waals surface area contributed by atoms with Gasteiger partial charge in [0, 0.05) is 62.8 Å². The van der Waals surface area contributed by atoms with Gasteiger partial charge >= 0.3 is 0 Å². The van der Waals surface area contributed by atoms with E-state index in [0.717, 1.165) is 62.5 Å². The molecule has 0 radical (unpaired) electrons. The molecule has 1 N–H and O–H groups in total. The maximum Gasteiger partial charge on any atom is 0.242 e. The highest BCUT2D eigenvalue weighted by atomic mass is 35.5. The van der Waals surface area contributed by atoms with E-state index in [2.05, 4.69) is 9.62 Å². The lowest BCUT2D eigenvalue weighted by Crippen LogP contribution is -2.55. The van der Waals surface area contributed by atoms with Gasteiger partial charge in [-0.05, 0) is 80.0 Å². The van der Waals surface area contributed by atoms with Gasteiger partial charge in [0.2, 0.25) is 27.7 Å². The Morgan fingerprint density at radius 2 is 1.72 bits per heavy atom. The number of carbonyl (C=O) groups excluding carboxylic acids is 3. The van der Waals surface area contributed by atoms with Gasteiger partial charge in [-0.25, -0.2) is 8.42 Å². The minimum absolute atomic E-state index is 0.0501. The van der Waals surface area contributed by atoms with Gasteiger partial charge in [-0.3, -0.25) is 19.3 Å². The van der Waals surface area contributed by atoms with Crippen molar-refractivity contribution in [3.63, 3.8) is 0 Å². The van der Waals surface area contributed by atoms with E-state index in [4.69, 9.17) is 11.6 Å². The smallest absolute Gasteiger partial charge is 0.242 e. The van der Waals surface area contributed by atoms with Crippen LogP contribution in [0.3, 0.4) is 0 Å². The van der Waals surface area contributed by atoms with Crippen LogP contribution in [-0.4, -0.2) is 110 Å². The Kier molecular flexibility index (Phi) is 8.70. The zero-order valence-corrected chi connectivity index (χ0v) is 26.2. The molecular weight excluding hydrogens is 590 g/mol. The molecule has 2 aromatic carbocycles. The zero-order chi connectivity index (χ0) is 30.3. The maximum absolute atomic E-state index is 13.5. The summed E-state index contributed by atoms with van der Waals surface area (Å²) in [6.07, 6.45) is 5.78. The standard InChI is InChI=1S/C31H40ClN5O5S/c1-34(30(39)21-6-7-21)25-12-15-35(18-25)19-26-4-2-14-37(26)29(38)20-36-13-3-5-28(31(36)40)33-43(41,42)27-11-9-22-16-24(32)10-8-23(22)17-27/h8-11,16-17,21,25-26,28,33H,2-7,12-15,18-20H2,1H3. The third kappa shape index (κ3) is 6.69. The largest absolute Gasteiger partial charge is 0.341 e. The number of nitrogens with one attached hydrogen (secondary N) is 1. The van der Waals surface area contributed by atoms with Crippen LogP contribution >= 0.6 is 11.6 Å². The molecule has 4 aliphatic rings. The normalized spacial score (nSPS) is 25.1. The summed E-state index contributed by atoms with van der Waals surface area (Å²) >= 11 is 6.05. The highest BCUT2D eigenvalue weighted by Gasteiger charge is 2.39. The Morgan fingerprint density at radius 1 is 0.977 bits per heavy atom. The third-order valence-electron chi connectivity index (χ3n) is 9.47. The van der Waals surface area contributed by atoms with Gasteiger partial charge in [-0.15, -0.1) is 0 Å². The highest BCUT2D eigenvalue weighted by Crippen LogP contribution is 2.32. The summed E-state index contributed by atoms with van der Waals surface area (Å²) in [5.74, 6) is 0.0219. The number of halogens is 1. The molecule has 3 aliphatic heterocycles. The molecule has 12 heteroatoms. The number of fused-ring (bicyclic) bond motifs is 1. The number of carbonyl (C=O) groups is 3. The molecule has 3 saturated heterocycles. The summed E-state index contributed by atoms with van der Waals surface area (Å²) in [6, 6.07) is 9.39. The van der Waals surface area contributed by atoms with Crippen molar-refractivity contribution >= 4 is 50.1 Å². The second-order valence-electron chi connectivity index (χ2n) is 12.5. The van der Waals surface area contributed by atoms with Crippen molar-refractivity contribution in [2.24, 2.45) is 5.92 Å². The van der Waals surface area contributed by atoms with Crippen molar-refractivity contribution in [2.45, 2.75) is 68.0 Å². The minimum atomic E-state index is -3.96. The van der Waals surface area contributed by atoms with Crippen molar-refractivity contribution in [2.75, 3.05) is 46.3 Å². The maximum atomic E-state index is 13.5. The number of nitrogens with zero attached hydrogens (tertiary/aromatic N) is 4. The van der Waals surface area contributed by atoms with Crippen molar-refractivity contribution in [3.8, 4) is 0 Å². The Morgan fingerprint density at radius 3 is 2.51 bits per heavy atom. The quantitative estimate of drug-likeness (QED) is 0.457. The fourth-order valence-electron chi connectivity index (χ4n) is 6.82. The number of hydrogen-bond acceptors (Lipinski definition) is 6. The Hall–Kier alpha value is -2.73. The molecular formula is C31H40ClN5O5S. The third-order valence-corrected chi connectivity index (χ3v) is 11.2. The van der Waals surface area contributed by atoms with E-state index in [-0.39, 0.29) is 47.2 Å². The predicted molar refractivity (Wildman–Crippen MR) is 164 cm³/mol. The van der Waals surface area contributed by atoms with Crippen molar-refractivity contribution in [1.82, 2.24) is 24.3 Å². The van der Waals surface area contributed by atoms with E-state index in [0.29, 0.717) is 31.0 Å². The first-order chi connectivity index (χ1) is 20.6.